The molecule has 6 nitrogen and oxygen atoms in total. The molecule has 38 heavy (non-hydrogen) atoms. The largest absolute Gasteiger partial charge is 0.322 e. The van der Waals surface area contributed by atoms with E-state index in [4.69, 9.17) is 5.10 Å². The summed E-state index contributed by atoms with van der Waals surface area (Å²) in [7, 11) is 0. The highest BCUT2D eigenvalue weighted by atomic mass is 19.1. The Morgan fingerprint density at radius 3 is 2.45 bits per heavy atom. The van der Waals surface area contributed by atoms with Gasteiger partial charge in [-0.15, -0.1) is 0 Å². The number of amides is 2. The van der Waals surface area contributed by atoms with Gasteiger partial charge in [-0.1, -0.05) is 42.5 Å². The number of carbonyl (C=O) groups excluding carboxylic acids is 1. The lowest BCUT2D eigenvalue weighted by Gasteiger charge is -2.31. The molecule has 0 spiro atoms. The highest BCUT2D eigenvalue weighted by Gasteiger charge is 2.36. The number of aromatic nitrogens is 3. The molecule has 6 rings (SSSR count). The first kappa shape index (κ1) is 23.7. The number of fused-ring (bicyclic) bond motifs is 3. The van der Waals surface area contributed by atoms with E-state index in [0.717, 1.165) is 50.8 Å². The van der Waals surface area contributed by atoms with Gasteiger partial charge in [-0.3, -0.25) is 0 Å². The van der Waals surface area contributed by atoms with Crippen molar-refractivity contribution in [2.75, 3.05) is 5.32 Å². The van der Waals surface area contributed by atoms with Crippen LogP contribution in [0.3, 0.4) is 0 Å². The van der Waals surface area contributed by atoms with Gasteiger partial charge in [0.15, 0.2) is 0 Å². The predicted molar refractivity (Wildman–Crippen MR) is 146 cm³/mol. The Labute approximate surface area is 221 Å². The predicted octanol–water partition coefficient (Wildman–Crippen LogP) is 6.86. The number of aryl methyl sites for hydroxylation is 2. The van der Waals surface area contributed by atoms with Crippen LogP contribution in [-0.2, 0) is 6.54 Å². The first-order chi connectivity index (χ1) is 18.4. The number of urea groups is 1. The zero-order valence-corrected chi connectivity index (χ0v) is 21.5. The lowest BCUT2D eigenvalue weighted by molar-refractivity contribution is 0.194. The van der Waals surface area contributed by atoms with Crippen molar-refractivity contribution in [3.63, 3.8) is 0 Å². The summed E-state index contributed by atoms with van der Waals surface area (Å²) in [5, 5.41) is 8.03. The maximum atomic E-state index is 14.1. The van der Waals surface area contributed by atoms with Crippen molar-refractivity contribution >= 4 is 11.7 Å². The zero-order valence-electron chi connectivity index (χ0n) is 21.5. The molecular formula is C31H28FN5O. The fourth-order valence-corrected chi connectivity index (χ4v) is 5.22. The maximum absolute atomic E-state index is 14.1. The number of rotatable bonds is 3. The molecule has 0 unspecified atom stereocenters. The molecule has 1 atom stereocenters. The number of carbonyl (C=O) groups is 1. The van der Waals surface area contributed by atoms with Gasteiger partial charge in [-0.05, 0) is 79.9 Å². The fourth-order valence-electron chi connectivity index (χ4n) is 5.22. The van der Waals surface area contributed by atoms with Crippen molar-refractivity contribution in [2.24, 2.45) is 0 Å². The van der Waals surface area contributed by atoms with Gasteiger partial charge in [0, 0.05) is 17.4 Å². The van der Waals surface area contributed by atoms with E-state index < -0.39 is 6.04 Å². The lowest BCUT2D eigenvalue weighted by atomic mass is 10.0. The SMILES string of the molecule is Cc1cccc(NC(=O)N2Cc3c(C)nn(-c4ccccc4)c3-n3cccc3[C@@H]2c2ccc(F)cc2)c1C. The van der Waals surface area contributed by atoms with Crippen LogP contribution < -0.4 is 5.32 Å². The molecule has 0 saturated carbocycles. The van der Waals surface area contributed by atoms with Gasteiger partial charge >= 0.3 is 6.03 Å². The third kappa shape index (κ3) is 3.96. The first-order valence-electron chi connectivity index (χ1n) is 12.6. The van der Waals surface area contributed by atoms with Gasteiger partial charge in [0.25, 0.3) is 0 Å². The van der Waals surface area contributed by atoms with Gasteiger partial charge in [-0.25, -0.2) is 13.9 Å². The van der Waals surface area contributed by atoms with E-state index in [1.54, 1.807) is 12.1 Å². The number of para-hydroxylation sites is 1. The highest BCUT2D eigenvalue weighted by molar-refractivity contribution is 5.91. The molecule has 1 N–H and O–H groups in total. The van der Waals surface area contributed by atoms with Crippen LogP contribution in [0.2, 0.25) is 0 Å². The van der Waals surface area contributed by atoms with Gasteiger partial charge in [0.05, 0.1) is 29.7 Å². The van der Waals surface area contributed by atoms with E-state index in [0.29, 0.717) is 6.54 Å². The fraction of sp³-hybridized carbons (Fsp3) is 0.161. The molecular weight excluding hydrogens is 477 g/mol. The summed E-state index contributed by atoms with van der Waals surface area (Å²) < 4.78 is 18.0. The second-order valence-electron chi connectivity index (χ2n) is 9.70. The second-order valence-corrected chi connectivity index (χ2v) is 9.70. The standard InChI is InChI=1S/C31H28FN5O/c1-20-9-7-12-27(21(20)2)33-31(38)36-19-26-22(3)34-37(25-10-5-4-6-11-25)30(26)35-18-8-13-28(35)29(36)23-14-16-24(32)17-15-23/h4-18,29H,19H2,1-3H3,(H,33,38)/t29-/m0/s1. The Morgan fingerprint density at radius 2 is 1.68 bits per heavy atom. The van der Waals surface area contributed by atoms with E-state index in [9.17, 15) is 9.18 Å². The molecule has 1 aliphatic rings. The zero-order chi connectivity index (χ0) is 26.4. The Kier molecular flexibility index (Phi) is 5.83. The van der Waals surface area contributed by atoms with Crippen molar-refractivity contribution in [3.05, 3.63) is 131 Å². The van der Waals surface area contributed by atoms with E-state index in [-0.39, 0.29) is 11.8 Å². The van der Waals surface area contributed by atoms with Crippen LogP contribution in [-0.4, -0.2) is 25.3 Å². The monoisotopic (exact) mass is 505 g/mol. The normalized spacial score (nSPS) is 14.5. The molecule has 2 aromatic heterocycles. The van der Waals surface area contributed by atoms with Crippen LogP contribution in [0.5, 0.6) is 0 Å². The van der Waals surface area contributed by atoms with Crippen LogP contribution in [0.25, 0.3) is 11.5 Å². The molecule has 0 radical (unpaired) electrons. The number of nitrogens with one attached hydrogen (secondary N) is 1. The minimum Gasteiger partial charge on any atom is -0.308 e. The minimum absolute atomic E-state index is 0.236. The summed E-state index contributed by atoms with van der Waals surface area (Å²) in [6.45, 7) is 6.33. The van der Waals surface area contributed by atoms with E-state index >= 15 is 0 Å². The Morgan fingerprint density at radius 1 is 0.921 bits per heavy atom. The Balaban J connectivity index is 1.54. The van der Waals surface area contributed by atoms with E-state index in [1.165, 1.54) is 12.1 Å². The van der Waals surface area contributed by atoms with Crippen molar-refractivity contribution in [1.29, 1.82) is 0 Å². The first-order valence-corrected chi connectivity index (χ1v) is 12.6. The molecule has 2 amide bonds. The molecule has 5 aromatic rings. The van der Waals surface area contributed by atoms with Crippen LogP contribution in [0.1, 0.15) is 39.7 Å². The average molecular weight is 506 g/mol. The molecule has 0 saturated heterocycles. The summed E-state index contributed by atoms with van der Waals surface area (Å²) in [5.74, 6) is 0.575. The van der Waals surface area contributed by atoms with Crippen LogP contribution >= 0.6 is 0 Å². The van der Waals surface area contributed by atoms with Crippen LogP contribution in [0.4, 0.5) is 14.9 Å². The summed E-state index contributed by atoms with van der Waals surface area (Å²) in [5.41, 5.74) is 7.33. The van der Waals surface area contributed by atoms with Crippen LogP contribution in [0, 0.1) is 26.6 Å². The third-order valence-corrected chi connectivity index (χ3v) is 7.38. The highest BCUT2D eigenvalue weighted by Crippen LogP contribution is 2.39. The van der Waals surface area contributed by atoms with Crippen molar-refractivity contribution < 1.29 is 9.18 Å². The molecule has 0 aliphatic carbocycles. The smallest absolute Gasteiger partial charge is 0.308 e. The van der Waals surface area contributed by atoms with Gasteiger partial charge in [0.2, 0.25) is 0 Å². The molecule has 7 heteroatoms. The Hall–Kier alpha value is -4.65. The number of benzene rings is 3. The second kappa shape index (κ2) is 9.34. The lowest BCUT2D eigenvalue weighted by Crippen LogP contribution is -2.38. The molecule has 3 aromatic carbocycles. The molecule has 0 bridgehead atoms. The van der Waals surface area contributed by atoms with Crippen LogP contribution in [0.15, 0.2) is 91.1 Å². The summed E-state index contributed by atoms with van der Waals surface area (Å²) in [6.07, 6.45) is 2.00. The number of hydrogen-bond donors (Lipinski definition) is 1. The number of hydrogen-bond acceptors (Lipinski definition) is 2. The van der Waals surface area contributed by atoms with Crippen molar-refractivity contribution in [1.82, 2.24) is 19.2 Å². The van der Waals surface area contributed by atoms with E-state index in [1.807, 2.05) is 97.2 Å². The molecule has 1 aliphatic heterocycles. The maximum Gasteiger partial charge on any atom is 0.322 e. The summed E-state index contributed by atoms with van der Waals surface area (Å²) in [6, 6.07) is 25.5. The Bertz CT molecular complexity index is 1640. The van der Waals surface area contributed by atoms with Gasteiger partial charge in [-0.2, -0.15) is 5.10 Å². The number of anilines is 1. The quantitative estimate of drug-likeness (QED) is 0.291. The molecule has 0 fully saturated rings. The summed E-state index contributed by atoms with van der Waals surface area (Å²) >= 11 is 0. The van der Waals surface area contributed by atoms with E-state index in [2.05, 4.69) is 9.88 Å². The van der Waals surface area contributed by atoms with Gasteiger partial charge in [0.1, 0.15) is 11.6 Å². The number of nitrogens with zero attached hydrogens (tertiary/aromatic N) is 4. The van der Waals surface area contributed by atoms with Gasteiger partial charge < -0.3 is 14.8 Å². The average Bonchev–Trinajstić information content (AvgIpc) is 3.48. The third-order valence-electron chi connectivity index (χ3n) is 7.38. The summed E-state index contributed by atoms with van der Waals surface area (Å²) in [4.78, 5) is 15.9. The topological polar surface area (TPSA) is 55.1 Å². The minimum atomic E-state index is -0.452. The van der Waals surface area contributed by atoms with Crippen molar-refractivity contribution in [3.8, 4) is 11.5 Å². The molecule has 190 valence electrons. The molecule has 3 heterocycles. The number of halogens is 1. The van der Waals surface area contributed by atoms with Crippen molar-refractivity contribution in [2.45, 2.75) is 33.4 Å².